The van der Waals surface area contributed by atoms with Gasteiger partial charge in [-0.1, -0.05) is 12.8 Å². The van der Waals surface area contributed by atoms with Crippen molar-refractivity contribution in [1.29, 1.82) is 0 Å². The summed E-state index contributed by atoms with van der Waals surface area (Å²) in [7, 11) is 4.53. The molecular formula is C14H29N3. The fourth-order valence-electron chi connectivity index (χ4n) is 3.19. The van der Waals surface area contributed by atoms with Crippen LogP contribution in [0.15, 0.2) is 0 Å². The highest BCUT2D eigenvalue weighted by Crippen LogP contribution is 2.17. The van der Waals surface area contributed by atoms with Gasteiger partial charge in [-0.15, -0.1) is 0 Å². The van der Waals surface area contributed by atoms with Gasteiger partial charge in [-0.3, -0.25) is 0 Å². The molecule has 0 radical (unpaired) electrons. The molecule has 1 aliphatic carbocycles. The van der Waals surface area contributed by atoms with Crippen LogP contribution in [0.4, 0.5) is 0 Å². The van der Waals surface area contributed by atoms with E-state index in [1.54, 1.807) is 0 Å². The summed E-state index contributed by atoms with van der Waals surface area (Å²) >= 11 is 0. The summed E-state index contributed by atoms with van der Waals surface area (Å²) < 4.78 is 0. The Bertz CT molecular complexity index is 206. The first kappa shape index (κ1) is 13.3. The zero-order valence-corrected chi connectivity index (χ0v) is 11.6. The average molecular weight is 239 g/mol. The molecule has 2 aliphatic rings. The zero-order chi connectivity index (χ0) is 12.1. The van der Waals surface area contributed by atoms with E-state index in [4.69, 9.17) is 0 Å². The predicted molar refractivity (Wildman–Crippen MR) is 73.4 cm³/mol. The largest absolute Gasteiger partial charge is 0.313 e. The third-order valence-electron chi connectivity index (χ3n) is 4.56. The summed E-state index contributed by atoms with van der Waals surface area (Å²) in [5, 5.41) is 3.71. The number of rotatable bonds is 5. The lowest BCUT2D eigenvalue weighted by molar-refractivity contribution is 0.144. The second-order valence-electron chi connectivity index (χ2n) is 5.95. The highest BCUT2D eigenvalue weighted by molar-refractivity contribution is 4.78. The lowest BCUT2D eigenvalue weighted by atomic mass is 10.0. The quantitative estimate of drug-likeness (QED) is 0.785. The summed E-state index contributed by atoms with van der Waals surface area (Å²) in [6, 6.07) is 1.64. The minimum Gasteiger partial charge on any atom is -0.313 e. The molecule has 3 heteroatoms. The molecule has 3 nitrogen and oxygen atoms in total. The molecule has 2 rings (SSSR count). The van der Waals surface area contributed by atoms with Crippen LogP contribution in [0.25, 0.3) is 0 Å². The fraction of sp³-hybridized carbons (Fsp3) is 1.00. The van der Waals surface area contributed by atoms with Gasteiger partial charge in [-0.05, 0) is 52.9 Å². The molecule has 1 saturated carbocycles. The molecular weight excluding hydrogens is 210 g/mol. The number of hydrogen-bond donors (Lipinski definition) is 1. The van der Waals surface area contributed by atoms with E-state index in [2.05, 4.69) is 29.2 Å². The minimum absolute atomic E-state index is 0.816. The van der Waals surface area contributed by atoms with Crippen LogP contribution in [-0.2, 0) is 0 Å². The van der Waals surface area contributed by atoms with Crippen LogP contribution in [0.1, 0.15) is 38.5 Å². The van der Waals surface area contributed by atoms with Crippen molar-refractivity contribution < 1.29 is 0 Å². The molecule has 1 N–H and O–H groups in total. The van der Waals surface area contributed by atoms with E-state index < -0.39 is 0 Å². The molecule has 0 atom stereocenters. The van der Waals surface area contributed by atoms with E-state index in [0.29, 0.717) is 0 Å². The second-order valence-corrected chi connectivity index (χ2v) is 5.95. The van der Waals surface area contributed by atoms with Gasteiger partial charge in [0.25, 0.3) is 0 Å². The summed E-state index contributed by atoms with van der Waals surface area (Å²) in [4.78, 5) is 5.01. The molecule has 0 aromatic carbocycles. The van der Waals surface area contributed by atoms with Gasteiger partial charge >= 0.3 is 0 Å². The van der Waals surface area contributed by atoms with Crippen molar-refractivity contribution in [3.05, 3.63) is 0 Å². The van der Waals surface area contributed by atoms with Crippen molar-refractivity contribution in [2.45, 2.75) is 50.6 Å². The first-order chi connectivity index (χ1) is 8.25. The van der Waals surface area contributed by atoms with Crippen LogP contribution in [0.3, 0.4) is 0 Å². The van der Waals surface area contributed by atoms with E-state index >= 15 is 0 Å². The summed E-state index contributed by atoms with van der Waals surface area (Å²) in [6.07, 6.45) is 8.35. The summed E-state index contributed by atoms with van der Waals surface area (Å²) in [6.45, 7) is 4.93. The number of nitrogens with one attached hydrogen (secondary N) is 1. The third kappa shape index (κ3) is 4.23. The monoisotopic (exact) mass is 239 g/mol. The molecule has 1 saturated heterocycles. The second kappa shape index (κ2) is 6.72. The van der Waals surface area contributed by atoms with Gasteiger partial charge in [0.2, 0.25) is 0 Å². The lowest BCUT2D eigenvalue weighted by Gasteiger charge is -2.35. The van der Waals surface area contributed by atoms with Gasteiger partial charge in [-0.2, -0.15) is 0 Å². The van der Waals surface area contributed by atoms with Crippen LogP contribution in [-0.4, -0.2) is 62.2 Å². The molecule has 0 spiro atoms. The zero-order valence-electron chi connectivity index (χ0n) is 11.6. The van der Waals surface area contributed by atoms with E-state index in [0.717, 1.165) is 12.1 Å². The van der Waals surface area contributed by atoms with Crippen LogP contribution in [0, 0.1) is 0 Å². The Kier molecular flexibility index (Phi) is 5.26. The molecule has 0 bridgehead atoms. The molecule has 2 fully saturated rings. The first-order valence-electron chi connectivity index (χ1n) is 7.38. The molecule has 1 aliphatic heterocycles. The normalized spacial score (nSPS) is 24.9. The number of likely N-dealkylation sites (N-methyl/N-ethyl adjacent to an activating group) is 1. The molecule has 0 aromatic heterocycles. The van der Waals surface area contributed by atoms with Gasteiger partial charge in [0.1, 0.15) is 0 Å². The first-order valence-corrected chi connectivity index (χ1v) is 7.38. The van der Waals surface area contributed by atoms with E-state index in [9.17, 15) is 0 Å². The average Bonchev–Trinajstić information content (AvgIpc) is 2.83. The number of hydrogen-bond acceptors (Lipinski definition) is 3. The molecule has 100 valence electrons. The smallest absolute Gasteiger partial charge is 0.0117 e. The summed E-state index contributed by atoms with van der Waals surface area (Å²) in [5.74, 6) is 0. The number of nitrogens with zero attached hydrogens (tertiary/aromatic N) is 2. The number of likely N-dealkylation sites (tertiary alicyclic amines) is 1. The van der Waals surface area contributed by atoms with Crippen LogP contribution >= 0.6 is 0 Å². The standard InChI is InChI=1S/C14H29N3/c1-16-10-7-14(8-11-16)17(2)12-9-15-13-5-3-4-6-13/h13-15H,3-12H2,1-2H3. The van der Waals surface area contributed by atoms with Gasteiger partial charge in [-0.25, -0.2) is 0 Å². The topological polar surface area (TPSA) is 18.5 Å². The SMILES string of the molecule is CN1CCC(N(C)CCNC2CCCC2)CC1. The third-order valence-corrected chi connectivity index (χ3v) is 4.56. The van der Waals surface area contributed by atoms with E-state index in [1.807, 2.05) is 0 Å². The fourth-order valence-corrected chi connectivity index (χ4v) is 3.19. The highest BCUT2D eigenvalue weighted by Gasteiger charge is 2.20. The van der Waals surface area contributed by atoms with Gasteiger partial charge in [0.05, 0.1) is 0 Å². The van der Waals surface area contributed by atoms with Crippen molar-refractivity contribution in [3.63, 3.8) is 0 Å². The Morgan fingerprint density at radius 1 is 1.12 bits per heavy atom. The molecule has 0 amide bonds. The Morgan fingerprint density at radius 2 is 1.76 bits per heavy atom. The Hall–Kier alpha value is -0.120. The predicted octanol–water partition coefficient (Wildman–Crippen LogP) is 1.54. The maximum absolute atomic E-state index is 3.71. The molecule has 1 heterocycles. The van der Waals surface area contributed by atoms with Crippen molar-refractivity contribution in [3.8, 4) is 0 Å². The Labute approximate surface area is 107 Å². The lowest BCUT2D eigenvalue weighted by Crippen LogP contribution is -2.44. The van der Waals surface area contributed by atoms with Crippen molar-refractivity contribution >= 4 is 0 Å². The van der Waals surface area contributed by atoms with Crippen LogP contribution in [0.2, 0.25) is 0 Å². The molecule has 0 unspecified atom stereocenters. The van der Waals surface area contributed by atoms with Gasteiger partial charge in [0, 0.05) is 25.2 Å². The van der Waals surface area contributed by atoms with Gasteiger partial charge < -0.3 is 15.1 Å². The van der Waals surface area contributed by atoms with Gasteiger partial charge in [0.15, 0.2) is 0 Å². The number of piperidine rings is 1. The van der Waals surface area contributed by atoms with Crippen LogP contribution in [0.5, 0.6) is 0 Å². The maximum atomic E-state index is 3.71. The maximum Gasteiger partial charge on any atom is 0.0117 e. The van der Waals surface area contributed by atoms with Crippen molar-refractivity contribution in [1.82, 2.24) is 15.1 Å². The van der Waals surface area contributed by atoms with E-state index in [-0.39, 0.29) is 0 Å². The van der Waals surface area contributed by atoms with Crippen LogP contribution < -0.4 is 5.32 Å². The van der Waals surface area contributed by atoms with Crippen molar-refractivity contribution in [2.75, 3.05) is 40.3 Å². The Balaban J connectivity index is 1.58. The Morgan fingerprint density at radius 3 is 2.41 bits per heavy atom. The molecule has 17 heavy (non-hydrogen) atoms. The summed E-state index contributed by atoms with van der Waals surface area (Å²) in [5.41, 5.74) is 0. The van der Waals surface area contributed by atoms with Crippen molar-refractivity contribution in [2.24, 2.45) is 0 Å². The minimum atomic E-state index is 0.816. The highest BCUT2D eigenvalue weighted by atomic mass is 15.2. The molecule has 0 aromatic rings. The van der Waals surface area contributed by atoms with E-state index in [1.165, 1.54) is 64.7 Å².